The van der Waals surface area contributed by atoms with Crippen LogP contribution in [0, 0.1) is 0 Å². The summed E-state index contributed by atoms with van der Waals surface area (Å²) in [5, 5.41) is 4.03. The lowest BCUT2D eigenvalue weighted by Crippen LogP contribution is -2.48. The molecule has 0 radical (unpaired) electrons. The molecule has 3 aromatic carbocycles. The molecule has 1 aliphatic heterocycles. The maximum Gasteiger partial charge on any atom is 0.231 e. The average molecular weight is 482 g/mol. The highest BCUT2D eigenvalue weighted by Gasteiger charge is 2.35. The van der Waals surface area contributed by atoms with Crippen molar-refractivity contribution in [3.05, 3.63) is 88.4 Å². The zero-order valence-electron chi connectivity index (χ0n) is 18.5. The number of hydrogen-bond acceptors (Lipinski definition) is 3. The van der Waals surface area contributed by atoms with Gasteiger partial charge in [0.25, 0.3) is 0 Å². The molecule has 0 saturated heterocycles. The number of carbonyl (C=O) groups excluding carboxylic acids is 2. The topological polar surface area (TPSA) is 52.7 Å². The largest absolute Gasteiger partial charge is 0.335 e. The van der Waals surface area contributed by atoms with Crippen LogP contribution in [0.2, 0.25) is 10.0 Å². The number of anilines is 3. The van der Waals surface area contributed by atoms with E-state index in [2.05, 4.69) is 5.32 Å². The van der Waals surface area contributed by atoms with Crippen molar-refractivity contribution >= 4 is 52.1 Å². The van der Waals surface area contributed by atoms with Gasteiger partial charge in [0.1, 0.15) is 6.17 Å². The molecule has 0 aliphatic carbocycles. The van der Waals surface area contributed by atoms with E-state index in [0.717, 1.165) is 17.1 Å². The highest BCUT2D eigenvalue weighted by Crippen LogP contribution is 2.40. The molecule has 0 spiro atoms. The second-order valence-electron chi connectivity index (χ2n) is 8.25. The van der Waals surface area contributed by atoms with Crippen molar-refractivity contribution in [2.24, 2.45) is 0 Å². The number of nitrogens with one attached hydrogen (secondary N) is 1. The Morgan fingerprint density at radius 1 is 1.00 bits per heavy atom. The second-order valence-corrected chi connectivity index (χ2v) is 9.10. The van der Waals surface area contributed by atoms with E-state index in [1.165, 1.54) is 0 Å². The Labute approximate surface area is 203 Å². The minimum Gasteiger partial charge on any atom is -0.335 e. The molecule has 0 fully saturated rings. The number of para-hydroxylation sites is 3. The standard InChI is InChI=1S/C26H25Cl2N3O2/c1-17(2)30-22-10-6-7-11-23(22)31(20-8-4-3-5-9-20)24(16-26(30)33)29-25(32)14-18-12-13-19(27)15-21(18)28/h3-13,15,17,24H,14,16H2,1-2H3,(H,29,32). The zero-order valence-corrected chi connectivity index (χ0v) is 20.0. The summed E-state index contributed by atoms with van der Waals surface area (Å²) < 4.78 is 0. The third-order valence-electron chi connectivity index (χ3n) is 5.59. The highest BCUT2D eigenvalue weighted by molar-refractivity contribution is 6.35. The zero-order chi connectivity index (χ0) is 23.5. The Hall–Kier alpha value is -3.02. The first kappa shape index (κ1) is 23.1. The number of carbonyl (C=O) groups is 2. The van der Waals surface area contributed by atoms with Crippen LogP contribution in [0.5, 0.6) is 0 Å². The summed E-state index contributed by atoms with van der Waals surface area (Å²) in [6.45, 7) is 3.98. The maximum atomic E-state index is 13.3. The first-order valence-corrected chi connectivity index (χ1v) is 11.6. The van der Waals surface area contributed by atoms with E-state index in [4.69, 9.17) is 23.2 Å². The molecule has 1 heterocycles. The van der Waals surface area contributed by atoms with E-state index in [-0.39, 0.29) is 30.7 Å². The van der Waals surface area contributed by atoms with Crippen molar-refractivity contribution < 1.29 is 9.59 Å². The van der Waals surface area contributed by atoms with Gasteiger partial charge < -0.3 is 15.1 Å². The number of rotatable bonds is 5. The molecular formula is C26H25Cl2N3O2. The Bertz CT molecular complexity index is 1170. The van der Waals surface area contributed by atoms with Gasteiger partial charge in [0, 0.05) is 21.8 Å². The van der Waals surface area contributed by atoms with E-state index in [9.17, 15) is 9.59 Å². The van der Waals surface area contributed by atoms with E-state index in [1.54, 1.807) is 23.1 Å². The molecular weight excluding hydrogens is 457 g/mol. The van der Waals surface area contributed by atoms with Gasteiger partial charge in [-0.05, 0) is 55.8 Å². The number of benzene rings is 3. The Morgan fingerprint density at radius 2 is 1.67 bits per heavy atom. The maximum absolute atomic E-state index is 13.3. The van der Waals surface area contributed by atoms with Crippen molar-refractivity contribution in [3.8, 4) is 0 Å². The van der Waals surface area contributed by atoms with Gasteiger partial charge in [-0.25, -0.2) is 0 Å². The summed E-state index contributed by atoms with van der Waals surface area (Å²) in [6.07, 6.45) is -0.357. The average Bonchev–Trinajstić information content (AvgIpc) is 2.89. The molecule has 1 unspecified atom stereocenters. The van der Waals surface area contributed by atoms with Crippen LogP contribution in [0.1, 0.15) is 25.8 Å². The normalized spacial score (nSPS) is 15.9. The Kier molecular flexibility index (Phi) is 6.91. The molecule has 0 aromatic heterocycles. The van der Waals surface area contributed by atoms with Gasteiger partial charge in [0.2, 0.25) is 11.8 Å². The van der Waals surface area contributed by atoms with Gasteiger partial charge in [-0.15, -0.1) is 0 Å². The summed E-state index contributed by atoms with van der Waals surface area (Å²) in [5.41, 5.74) is 3.24. The smallest absolute Gasteiger partial charge is 0.231 e. The molecule has 33 heavy (non-hydrogen) atoms. The molecule has 170 valence electrons. The fourth-order valence-electron chi connectivity index (χ4n) is 4.19. The van der Waals surface area contributed by atoms with Crippen LogP contribution in [0.15, 0.2) is 72.8 Å². The second kappa shape index (κ2) is 9.86. The molecule has 2 amide bonds. The molecule has 3 aromatic rings. The Morgan fingerprint density at radius 3 is 2.33 bits per heavy atom. The summed E-state index contributed by atoms with van der Waals surface area (Å²) in [5.74, 6) is -0.279. The third-order valence-corrected chi connectivity index (χ3v) is 6.18. The quantitative estimate of drug-likeness (QED) is 0.488. The van der Waals surface area contributed by atoms with E-state index >= 15 is 0 Å². The predicted molar refractivity (Wildman–Crippen MR) is 134 cm³/mol. The van der Waals surface area contributed by atoms with Crippen LogP contribution < -0.4 is 15.1 Å². The Balaban J connectivity index is 1.72. The summed E-state index contributed by atoms with van der Waals surface area (Å²) >= 11 is 12.3. The van der Waals surface area contributed by atoms with Gasteiger partial charge >= 0.3 is 0 Å². The minimum absolute atomic E-state index is 0.0291. The van der Waals surface area contributed by atoms with Crippen LogP contribution in [0.4, 0.5) is 17.1 Å². The van der Waals surface area contributed by atoms with Crippen molar-refractivity contribution in [1.82, 2.24) is 5.32 Å². The summed E-state index contributed by atoms with van der Waals surface area (Å²) in [6, 6.07) is 22.6. The lowest BCUT2D eigenvalue weighted by Gasteiger charge is -2.33. The van der Waals surface area contributed by atoms with Crippen molar-refractivity contribution in [1.29, 1.82) is 0 Å². The summed E-state index contributed by atoms with van der Waals surface area (Å²) in [7, 11) is 0. The number of amides is 2. The van der Waals surface area contributed by atoms with Crippen LogP contribution in [0.3, 0.4) is 0 Å². The lowest BCUT2D eigenvalue weighted by molar-refractivity contribution is -0.122. The van der Waals surface area contributed by atoms with Gasteiger partial charge in [-0.2, -0.15) is 0 Å². The van der Waals surface area contributed by atoms with E-state index < -0.39 is 6.17 Å². The van der Waals surface area contributed by atoms with Crippen LogP contribution in [-0.4, -0.2) is 24.0 Å². The number of fused-ring (bicyclic) bond motifs is 1. The molecule has 0 bridgehead atoms. The van der Waals surface area contributed by atoms with Gasteiger partial charge in [0.05, 0.1) is 24.2 Å². The first-order valence-electron chi connectivity index (χ1n) is 10.8. The number of hydrogen-bond donors (Lipinski definition) is 1. The van der Waals surface area contributed by atoms with E-state index in [1.807, 2.05) is 73.3 Å². The SMILES string of the molecule is CC(C)N1C(=O)CC(NC(=O)Cc2ccc(Cl)cc2Cl)N(c2ccccc2)c2ccccc21. The van der Waals surface area contributed by atoms with Crippen molar-refractivity contribution in [3.63, 3.8) is 0 Å². The first-order chi connectivity index (χ1) is 15.8. The molecule has 5 nitrogen and oxygen atoms in total. The van der Waals surface area contributed by atoms with E-state index in [0.29, 0.717) is 15.6 Å². The van der Waals surface area contributed by atoms with Crippen LogP contribution in [-0.2, 0) is 16.0 Å². The van der Waals surface area contributed by atoms with Gasteiger partial charge in [-0.1, -0.05) is 59.6 Å². The number of halogens is 2. The minimum atomic E-state index is -0.566. The molecule has 1 atom stereocenters. The number of nitrogens with zero attached hydrogens (tertiary/aromatic N) is 2. The molecule has 7 heteroatoms. The fraction of sp³-hybridized carbons (Fsp3) is 0.231. The molecule has 1 N–H and O–H groups in total. The summed E-state index contributed by atoms with van der Waals surface area (Å²) in [4.78, 5) is 30.3. The lowest BCUT2D eigenvalue weighted by atomic mass is 10.1. The van der Waals surface area contributed by atoms with Gasteiger partial charge in [-0.3, -0.25) is 9.59 Å². The van der Waals surface area contributed by atoms with Crippen LogP contribution >= 0.6 is 23.2 Å². The molecule has 4 rings (SSSR count). The highest BCUT2D eigenvalue weighted by atomic mass is 35.5. The van der Waals surface area contributed by atoms with Crippen LogP contribution in [0.25, 0.3) is 0 Å². The fourth-order valence-corrected chi connectivity index (χ4v) is 4.67. The predicted octanol–water partition coefficient (Wildman–Crippen LogP) is 5.96. The van der Waals surface area contributed by atoms with Crippen molar-refractivity contribution in [2.45, 2.75) is 38.9 Å². The molecule has 1 aliphatic rings. The third kappa shape index (κ3) is 5.00. The molecule has 0 saturated carbocycles. The van der Waals surface area contributed by atoms with Crippen molar-refractivity contribution in [2.75, 3.05) is 9.80 Å². The van der Waals surface area contributed by atoms with Gasteiger partial charge in [0.15, 0.2) is 0 Å². The monoisotopic (exact) mass is 481 g/mol.